The Bertz CT molecular complexity index is 1110. The van der Waals surface area contributed by atoms with Gasteiger partial charge in [-0.05, 0) is 61.9 Å². The van der Waals surface area contributed by atoms with Crippen LogP contribution in [0.4, 0.5) is 0 Å². The molecule has 1 aliphatic carbocycles. The zero-order chi connectivity index (χ0) is 17.1. The Kier molecular flexibility index (Phi) is 3.12. The molecule has 0 amide bonds. The van der Waals surface area contributed by atoms with Gasteiger partial charge in [0.2, 0.25) is 0 Å². The molecular weight excluding hydrogens is 332 g/mol. The van der Waals surface area contributed by atoms with E-state index in [1.54, 1.807) is 12.1 Å². The lowest BCUT2D eigenvalue weighted by atomic mass is 9.89. The van der Waals surface area contributed by atoms with Crippen LogP contribution in [0.25, 0.3) is 27.3 Å². The summed E-state index contributed by atoms with van der Waals surface area (Å²) in [6.45, 7) is 4.29. The first-order valence-corrected chi connectivity index (χ1v) is 9.39. The summed E-state index contributed by atoms with van der Waals surface area (Å²) in [7, 11) is 0. The van der Waals surface area contributed by atoms with Crippen LogP contribution in [-0.2, 0) is 12.8 Å². The number of aromatic nitrogens is 4. The molecule has 3 heterocycles. The van der Waals surface area contributed by atoms with Crippen molar-refractivity contribution in [2.75, 3.05) is 0 Å². The van der Waals surface area contributed by atoms with Gasteiger partial charge < -0.3 is 5.11 Å². The molecule has 0 radical (unpaired) electrons. The second-order valence-electron chi connectivity index (χ2n) is 6.91. The standard InChI is InChI=1S/C19H18N4OS/c1-10-3-8-15-14(9-10)16-18-21-17(12-4-6-13(24)7-5-12)22-23(18)11(2)20-19(16)25-15/h4-7,10,24H,3,8-9H2,1-2H3/t10-/m0/s1. The fourth-order valence-corrected chi connectivity index (χ4v) is 4.94. The number of aromatic hydroxyl groups is 1. The summed E-state index contributed by atoms with van der Waals surface area (Å²) in [4.78, 5) is 12.2. The van der Waals surface area contributed by atoms with Crippen molar-refractivity contribution in [2.24, 2.45) is 5.92 Å². The number of rotatable bonds is 1. The van der Waals surface area contributed by atoms with Gasteiger partial charge in [0.15, 0.2) is 11.5 Å². The van der Waals surface area contributed by atoms with Crippen LogP contribution in [-0.4, -0.2) is 24.7 Å². The van der Waals surface area contributed by atoms with E-state index in [-0.39, 0.29) is 5.75 Å². The van der Waals surface area contributed by atoms with E-state index in [0.717, 1.165) is 34.7 Å². The lowest BCUT2D eigenvalue weighted by Crippen LogP contribution is -2.09. The minimum atomic E-state index is 0.244. The minimum absolute atomic E-state index is 0.244. The molecule has 0 saturated heterocycles. The van der Waals surface area contributed by atoms with E-state index in [2.05, 4.69) is 12.0 Å². The van der Waals surface area contributed by atoms with Crippen LogP contribution in [0.3, 0.4) is 0 Å². The lowest BCUT2D eigenvalue weighted by Gasteiger charge is -2.17. The number of hydrogen-bond donors (Lipinski definition) is 1. The van der Waals surface area contributed by atoms with Crippen LogP contribution >= 0.6 is 11.3 Å². The smallest absolute Gasteiger partial charge is 0.182 e. The van der Waals surface area contributed by atoms with Crippen molar-refractivity contribution in [1.29, 1.82) is 0 Å². The van der Waals surface area contributed by atoms with Crippen LogP contribution in [0.5, 0.6) is 5.75 Å². The number of phenols is 1. The fourth-order valence-electron chi connectivity index (χ4n) is 3.68. The molecule has 0 saturated carbocycles. The first kappa shape index (κ1) is 14.8. The lowest BCUT2D eigenvalue weighted by molar-refractivity contribution is 0.475. The molecular formula is C19H18N4OS. The molecule has 6 heteroatoms. The van der Waals surface area contributed by atoms with Gasteiger partial charge in [-0.2, -0.15) is 4.52 Å². The average Bonchev–Trinajstić information content (AvgIpc) is 3.17. The van der Waals surface area contributed by atoms with Gasteiger partial charge in [0.1, 0.15) is 16.4 Å². The van der Waals surface area contributed by atoms with E-state index >= 15 is 0 Å². The van der Waals surface area contributed by atoms with Gasteiger partial charge in [-0.15, -0.1) is 16.4 Å². The van der Waals surface area contributed by atoms with Gasteiger partial charge in [-0.3, -0.25) is 0 Å². The van der Waals surface area contributed by atoms with E-state index in [0.29, 0.717) is 11.7 Å². The molecule has 1 N–H and O–H groups in total. The van der Waals surface area contributed by atoms with Crippen LogP contribution in [0.2, 0.25) is 0 Å². The highest BCUT2D eigenvalue weighted by Gasteiger charge is 2.24. The highest BCUT2D eigenvalue weighted by Crippen LogP contribution is 2.39. The van der Waals surface area contributed by atoms with E-state index in [4.69, 9.17) is 9.97 Å². The molecule has 0 fully saturated rings. The summed E-state index contributed by atoms with van der Waals surface area (Å²) in [6, 6.07) is 7.01. The number of benzene rings is 1. The highest BCUT2D eigenvalue weighted by molar-refractivity contribution is 7.19. The van der Waals surface area contributed by atoms with Gasteiger partial charge in [-0.1, -0.05) is 6.92 Å². The first-order chi connectivity index (χ1) is 12.1. The molecule has 4 aromatic rings. The maximum atomic E-state index is 9.50. The Hall–Kier alpha value is -2.47. The SMILES string of the molecule is Cc1nc2sc3c(c2c2nc(-c4ccc(O)cc4)nn12)C[C@@H](C)CC3. The van der Waals surface area contributed by atoms with Crippen LogP contribution in [0.1, 0.15) is 29.6 Å². The van der Waals surface area contributed by atoms with Gasteiger partial charge in [-0.25, -0.2) is 9.97 Å². The molecule has 126 valence electrons. The van der Waals surface area contributed by atoms with Crippen molar-refractivity contribution in [3.8, 4) is 17.1 Å². The minimum Gasteiger partial charge on any atom is -0.508 e. The summed E-state index contributed by atoms with van der Waals surface area (Å²) >= 11 is 1.81. The molecule has 0 bridgehead atoms. The maximum Gasteiger partial charge on any atom is 0.182 e. The Morgan fingerprint density at radius 1 is 1.20 bits per heavy atom. The third-order valence-corrected chi connectivity index (χ3v) is 6.20. The Morgan fingerprint density at radius 2 is 2.00 bits per heavy atom. The molecule has 3 aromatic heterocycles. The summed E-state index contributed by atoms with van der Waals surface area (Å²) in [6.07, 6.45) is 3.49. The zero-order valence-corrected chi connectivity index (χ0v) is 15.0. The second kappa shape index (κ2) is 5.26. The fraction of sp³-hybridized carbons (Fsp3) is 0.316. The van der Waals surface area contributed by atoms with E-state index in [1.165, 1.54) is 22.2 Å². The van der Waals surface area contributed by atoms with Crippen molar-refractivity contribution in [2.45, 2.75) is 33.1 Å². The molecule has 1 atom stereocenters. The van der Waals surface area contributed by atoms with Gasteiger partial charge in [0, 0.05) is 10.4 Å². The summed E-state index contributed by atoms with van der Waals surface area (Å²) in [5, 5.41) is 15.4. The molecule has 25 heavy (non-hydrogen) atoms. The maximum absolute atomic E-state index is 9.50. The van der Waals surface area contributed by atoms with Gasteiger partial charge in [0.05, 0.1) is 5.39 Å². The van der Waals surface area contributed by atoms with Crippen LogP contribution < -0.4 is 0 Å². The van der Waals surface area contributed by atoms with Crippen molar-refractivity contribution in [3.05, 3.63) is 40.5 Å². The average molecular weight is 350 g/mol. The topological polar surface area (TPSA) is 63.3 Å². The van der Waals surface area contributed by atoms with Crippen molar-refractivity contribution >= 4 is 27.2 Å². The first-order valence-electron chi connectivity index (χ1n) is 8.57. The third kappa shape index (κ3) is 2.24. The number of hydrogen-bond acceptors (Lipinski definition) is 5. The summed E-state index contributed by atoms with van der Waals surface area (Å²) in [5.41, 5.74) is 3.21. The van der Waals surface area contributed by atoms with Crippen molar-refractivity contribution in [1.82, 2.24) is 19.6 Å². The largest absolute Gasteiger partial charge is 0.508 e. The summed E-state index contributed by atoms with van der Waals surface area (Å²) < 4.78 is 1.86. The Morgan fingerprint density at radius 3 is 2.80 bits per heavy atom. The Labute approximate surface area is 149 Å². The zero-order valence-electron chi connectivity index (χ0n) is 14.2. The van der Waals surface area contributed by atoms with E-state index in [1.807, 2.05) is 34.9 Å². The molecule has 1 aliphatic rings. The number of fused-ring (bicyclic) bond motifs is 5. The predicted molar refractivity (Wildman–Crippen MR) is 99.2 cm³/mol. The van der Waals surface area contributed by atoms with Crippen LogP contribution in [0.15, 0.2) is 24.3 Å². The molecule has 5 rings (SSSR count). The van der Waals surface area contributed by atoms with Crippen molar-refractivity contribution < 1.29 is 5.11 Å². The molecule has 0 unspecified atom stereocenters. The number of thiophene rings is 1. The van der Waals surface area contributed by atoms with Gasteiger partial charge >= 0.3 is 0 Å². The molecule has 0 aliphatic heterocycles. The Balaban J connectivity index is 1.80. The number of phenolic OH excluding ortho intramolecular Hbond substituents is 1. The third-order valence-electron chi connectivity index (χ3n) is 5.02. The predicted octanol–water partition coefficient (Wildman–Crippen LogP) is 4.14. The van der Waals surface area contributed by atoms with Gasteiger partial charge in [0.25, 0.3) is 0 Å². The van der Waals surface area contributed by atoms with Crippen LogP contribution in [0, 0.1) is 12.8 Å². The van der Waals surface area contributed by atoms with E-state index in [9.17, 15) is 5.11 Å². The molecule has 1 aromatic carbocycles. The number of nitrogens with zero attached hydrogens (tertiary/aromatic N) is 4. The van der Waals surface area contributed by atoms with E-state index < -0.39 is 0 Å². The molecule has 0 spiro atoms. The quantitative estimate of drug-likeness (QED) is 0.560. The number of aryl methyl sites for hydroxylation is 2. The normalized spacial score (nSPS) is 17.3. The van der Waals surface area contributed by atoms with Crippen molar-refractivity contribution in [3.63, 3.8) is 0 Å². The monoisotopic (exact) mass is 350 g/mol. The molecule has 5 nitrogen and oxygen atoms in total. The summed E-state index contributed by atoms with van der Waals surface area (Å²) in [5.74, 6) is 2.47. The second-order valence-corrected chi connectivity index (χ2v) is 7.99. The highest BCUT2D eigenvalue weighted by atomic mass is 32.1.